The fourth-order valence-corrected chi connectivity index (χ4v) is 7.66. The first-order valence-electron chi connectivity index (χ1n) is 17.6. The van der Waals surface area contributed by atoms with Crippen molar-refractivity contribution in [3.8, 4) is 17.2 Å². The number of piperidine rings is 2. The van der Waals surface area contributed by atoms with Crippen molar-refractivity contribution < 1.29 is 27.9 Å². The maximum atomic E-state index is 16.0. The van der Waals surface area contributed by atoms with Gasteiger partial charge < -0.3 is 34.0 Å². The van der Waals surface area contributed by atoms with E-state index in [1.54, 1.807) is 15.7 Å². The molecule has 0 saturated carbocycles. The number of primary amides is 1. The Morgan fingerprint density at radius 1 is 0.820 bits per heavy atom. The number of hydrogen-bond acceptors (Lipinski definition) is 8. The number of halogens is 1. The number of para-hydroxylation sites is 1. The third kappa shape index (κ3) is 5.86. The van der Waals surface area contributed by atoms with Crippen LogP contribution in [0, 0.1) is 5.82 Å². The Labute approximate surface area is 287 Å². The van der Waals surface area contributed by atoms with E-state index in [-0.39, 0.29) is 22.8 Å². The molecule has 0 spiro atoms. The van der Waals surface area contributed by atoms with Crippen LogP contribution in [-0.2, 0) is 9.53 Å². The van der Waals surface area contributed by atoms with Crippen LogP contribution < -0.4 is 20.8 Å². The van der Waals surface area contributed by atoms with E-state index in [9.17, 15) is 14.4 Å². The van der Waals surface area contributed by atoms with E-state index in [1.807, 2.05) is 41.3 Å². The van der Waals surface area contributed by atoms with Gasteiger partial charge in [0.05, 0.1) is 30.8 Å². The zero-order valence-electron chi connectivity index (χ0n) is 27.9. The molecule has 12 heteroatoms. The molecule has 3 aromatic carbocycles. The molecule has 4 aliphatic rings. The van der Waals surface area contributed by atoms with Gasteiger partial charge in [0, 0.05) is 49.2 Å². The lowest BCUT2D eigenvalue weighted by Crippen LogP contribution is -2.42. The summed E-state index contributed by atoms with van der Waals surface area (Å²) < 4.78 is 35.8. The molecule has 3 saturated heterocycles. The highest BCUT2D eigenvalue weighted by Crippen LogP contribution is 2.48. The van der Waals surface area contributed by atoms with Crippen molar-refractivity contribution in [3.63, 3.8) is 0 Å². The van der Waals surface area contributed by atoms with Crippen molar-refractivity contribution in [3.05, 3.63) is 70.3 Å². The van der Waals surface area contributed by atoms with Crippen LogP contribution >= 0.6 is 0 Å². The normalized spacial score (nSPS) is 17.7. The molecule has 6 heterocycles. The van der Waals surface area contributed by atoms with Crippen molar-refractivity contribution in [2.24, 2.45) is 5.73 Å². The highest BCUT2D eigenvalue weighted by Gasteiger charge is 2.33. The summed E-state index contributed by atoms with van der Waals surface area (Å²) >= 11 is 0. The van der Waals surface area contributed by atoms with E-state index in [0.717, 1.165) is 48.7 Å². The van der Waals surface area contributed by atoms with E-state index in [0.29, 0.717) is 79.9 Å². The van der Waals surface area contributed by atoms with Crippen molar-refractivity contribution >= 4 is 50.3 Å². The lowest BCUT2D eigenvalue weighted by molar-refractivity contribution is -0.119. The molecular formula is C38H40FN5O6. The van der Waals surface area contributed by atoms with Crippen LogP contribution in [0.5, 0.6) is 11.5 Å². The number of benzene rings is 3. The van der Waals surface area contributed by atoms with Gasteiger partial charge in [0.2, 0.25) is 11.3 Å². The van der Waals surface area contributed by atoms with Gasteiger partial charge in [-0.15, -0.1) is 0 Å². The van der Waals surface area contributed by atoms with Crippen molar-refractivity contribution in [2.75, 3.05) is 63.9 Å². The van der Waals surface area contributed by atoms with E-state index < -0.39 is 11.2 Å². The average Bonchev–Trinajstić information content (AvgIpc) is 3.50. The van der Waals surface area contributed by atoms with Gasteiger partial charge >= 0.3 is 0 Å². The van der Waals surface area contributed by atoms with E-state index >= 15 is 4.39 Å². The summed E-state index contributed by atoms with van der Waals surface area (Å²) in [4.78, 5) is 43.6. The van der Waals surface area contributed by atoms with Crippen LogP contribution in [-0.4, -0.2) is 85.2 Å². The summed E-state index contributed by atoms with van der Waals surface area (Å²) in [6.45, 7) is 5.54. The van der Waals surface area contributed by atoms with Crippen LogP contribution in [0.25, 0.3) is 38.5 Å². The second kappa shape index (κ2) is 13.4. The maximum absolute atomic E-state index is 16.0. The summed E-state index contributed by atoms with van der Waals surface area (Å²) in [7, 11) is 0. The molecule has 4 aliphatic heterocycles. The Hall–Kier alpha value is -4.94. The molecule has 260 valence electrons. The Kier molecular flexibility index (Phi) is 8.65. The first-order chi connectivity index (χ1) is 24.4. The third-order valence-corrected chi connectivity index (χ3v) is 10.1. The first kappa shape index (κ1) is 32.3. The minimum Gasteiger partial charge on any atom is -0.456 e. The summed E-state index contributed by atoms with van der Waals surface area (Å²) in [5, 5.41) is 1.93. The second-order valence-corrected chi connectivity index (χ2v) is 13.4. The zero-order chi connectivity index (χ0) is 34.4. The SMILES string of the molecule is NC(=O)CN1CCCCC1.O=C(c1cn2c3c(c(N4CCCCC4)c(F)cc3c1=O)Oc1cc3c(cc1-2)oc1ccccc13)N1CCOCC1. The Balaban J connectivity index is 0.000000313. The number of nitrogens with two attached hydrogens (primary N) is 1. The molecular weight excluding hydrogens is 641 g/mol. The maximum Gasteiger partial charge on any atom is 0.259 e. The number of nitrogens with zero attached hydrogens (tertiary/aromatic N) is 4. The smallest absolute Gasteiger partial charge is 0.259 e. The highest BCUT2D eigenvalue weighted by molar-refractivity contribution is 6.07. The molecule has 0 radical (unpaired) electrons. The fourth-order valence-electron chi connectivity index (χ4n) is 7.66. The molecule has 0 bridgehead atoms. The van der Waals surface area contributed by atoms with Crippen LogP contribution in [0.15, 0.2) is 57.9 Å². The second-order valence-electron chi connectivity index (χ2n) is 13.4. The number of likely N-dealkylation sites (tertiary alicyclic amines) is 1. The molecule has 0 unspecified atom stereocenters. The first-order valence-corrected chi connectivity index (χ1v) is 17.6. The Morgan fingerprint density at radius 2 is 1.54 bits per heavy atom. The monoisotopic (exact) mass is 681 g/mol. The average molecular weight is 682 g/mol. The van der Waals surface area contributed by atoms with Gasteiger partial charge in [-0.25, -0.2) is 4.39 Å². The van der Waals surface area contributed by atoms with Crippen LogP contribution in [0.3, 0.4) is 0 Å². The number of hydrogen-bond donors (Lipinski definition) is 1. The lowest BCUT2D eigenvalue weighted by atomic mass is 10.0. The predicted octanol–water partition coefficient (Wildman–Crippen LogP) is 5.56. The van der Waals surface area contributed by atoms with Crippen molar-refractivity contribution in [1.82, 2.24) is 14.4 Å². The fraction of sp³-hybridized carbons (Fsp3) is 0.395. The predicted molar refractivity (Wildman–Crippen MR) is 189 cm³/mol. The summed E-state index contributed by atoms with van der Waals surface area (Å²) in [6.07, 6.45) is 8.31. The van der Waals surface area contributed by atoms with Gasteiger partial charge in [-0.05, 0) is 63.4 Å². The van der Waals surface area contributed by atoms with Gasteiger partial charge in [-0.2, -0.15) is 0 Å². The van der Waals surface area contributed by atoms with Gasteiger partial charge in [-0.1, -0.05) is 24.6 Å². The largest absolute Gasteiger partial charge is 0.456 e. The summed E-state index contributed by atoms with van der Waals surface area (Å²) in [5.74, 6) is -0.313. The molecule has 11 nitrogen and oxygen atoms in total. The minimum absolute atomic E-state index is 0.0111. The van der Waals surface area contributed by atoms with Gasteiger partial charge in [0.1, 0.15) is 27.9 Å². The van der Waals surface area contributed by atoms with Crippen LogP contribution in [0.4, 0.5) is 10.1 Å². The van der Waals surface area contributed by atoms with Crippen LogP contribution in [0.1, 0.15) is 48.9 Å². The van der Waals surface area contributed by atoms with Crippen LogP contribution in [0.2, 0.25) is 0 Å². The molecule has 2 aromatic heterocycles. The number of amides is 2. The standard InChI is InChI=1S/C31H26FN3O5.C7H14N2O/c32-22-14-20-27-30(28(22)33-8-4-1-5-9-33)40-26-15-19-18-6-2-3-7-24(18)39-25(19)16-23(26)35(27)17-21(29(20)36)31(37)34-10-12-38-13-11-34;8-7(10)6-9-4-2-1-3-5-9/h2-3,6-7,14-17H,1,4-5,8-13H2;1-6H2,(H2,8,10). The van der Waals surface area contributed by atoms with E-state index in [1.165, 1.54) is 25.3 Å². The quantitative estimate of drug-likeness (QED) is 0.257. The number of carbonyl (C=O) groups excluding carboxylic acids is 2. The molecule has 3 fully saturated rings. The number of aromatic nitrogens is 1. The number of fused-ring (bicyclic) bond motifs is 5. The number of pyridine rings is 1. The zero-order valence-corrected chi connectivity index (χ0v) is 27.9. The molecule has 5 aromatic rings. The molecule has 50 heavy (non-hydrogen) atoms. The molecule has 2 amide bonds. The molecule has 2 N–H and O–H groups in total. The Morgan fingerprint density at radius 3 is 2.28 bits per heavy atom. The number of ether oxygens (including phenoxy) is 2. The topological polar surface area (TPSA) is 123 Å². The van der Waals surface area contributed by atoms with Crippen molar-refractivity contribution in [1.29, 1.82) is 0 Å². The summed E-state index contributed by atoms with van der Waals surface area (Å²) in [5.41, 5.74) is 7.35. The van der Waals surface area contributed by atoms with E-state index in [4.69, 9.17) is 19.6 Å². The summed E-state index contributed by atoms with van der Waals surface area (Å²) in [6, 6.07) is 12.8. The molecule has 0 aliphatic carbocycles. The highest BCUT2D eigenvalue weighted by atomic mass is 19.1. The number of furan rings is 1. The molecule has 9 rings (SSSR count). The van der Waals surface area contributed by atoms with Gasteiger partial charge in [0.25, 0.3) is 5.91 Å². The number of carbonyl (C=O) groups is 2. The number of morpholine rings is 1. The number of rotatable bonds is 4. The third-order valence-electron chi connectivity index (χ3n) is 10.1. The van der Waals surface area contributed by atoms with Crippen molar-refractivity contribution in [2.45, 2.75) is 38.5 Å². The molecule has 0 atom stereocenters. The minimum atomic E-state index is -0.526. The Bertz CT molecular complexity index is 2180. The van der Waals surface area contributed by atoms with E-state index in [2.05, 4.69) is 4.90 Å². The number of anilines is 1. The van der Waals surface area contributed by atoms with Gasteiger partial charge in [-0.3, -0.25) is 19.3 Å². The lowest BCUT2D eigenvalue weighted by Gasteiger charge is -2.33. The van der Waals surface area contributed by atoms with Gasteiger partial charge in [0.15, 0.2) is 17.3 Å².